The van der Waals surface area contributed by atoms with E-state index in [1.165, 1.54) is 24.1 Å². The molecule has 2 nitrogen and oxygen atoms in total. The molecule has 100 valence electrons. The van der Waals surface area contributed by atoms with Crippen molar-refractivity contribution in [2.24, 2.45) is 0 Å². The Bertz CT molecular complexity index is 541. The van der Waals surface area contributed by atoms with Crippen LogP contribution in [0.15, 0.2) is 28.9 Å². The van der Waals surface area contributed by atoms with Crippen molar-refractivity contribution in [1.82, 2.24) is 10.3 Å². The van der Waals surface area contributed by atoms with Gasteiger partial charge in [0, 0.05) is 38.6 Å². The molecular weight excluding hydrogens is 320 g/mol. The number of aryl methyl sites for hydroxylation is 2. The summed E-state index contributed by atoms with van der Waals surface area (Å²) in [6.45, 7) is 0. The first kappa shape index (κ1) is 13.3. The van der Waals surface area contributed by atoms with Gasteiger partial charge in [0.1, 0.15) is 0 Å². The van der Waals surface area contributed by atoms with E-state index >= 15 is 0 Å². The van der Waals surface area contributed by atoms with Crippen LogP contribution in [0.3, 0.4) is 0 Å². The zero-order valence-corrected chi connectivity index (χ0v) is 13.4. The summed E-state index contributed by atoms with van der Waals surface area (Å²) >= 11 is 5.40. The lowest BCUT2D eigenvalue weighted by Crippen LogP contribution is -2.18. The van der Waals surface area contributed by atoms with E-state index < -0.39 is 0 Å². The third kappa shape index (κ3) is 2.91. The Hall–Kier alpha value is -0.710. The molecule has 1 atom stereocenters. The Kier molecular flexibility index (Phi) is 4.01. The number of hydrogen-bond donors (Lipinski definition) is 1. The van der Waals surface area contributed by atoms with E-state index in [4.69, 9.17) is 0 Å². The van der Waals surface area contributed by atoms with Gasteiger partial charge in [-0.2, -0.15) is 0 Å². The van der Waals surface area contributed by atoms with Gasteiger partial charge in [-0.1, -0.05) is 0 Å². The molecule has 1 aliphatic carbocycles. The Labute approximate surface area is 126 Å². The molecule has 2 heterocycles. The third-order valence-electron chi connectivity index (χ3n) is 3.66. The molecule has 2 aromatic heterocycles. The molecule has 0 spiro atoms. The number of nitrogens with one attached hydrogen (secondary N) is 1. The summed E-state index contributed by atoms with van der Waals surface area (Å²) in [5.41, 5.74) is 2.71. The van der Waals surface area contributed by atoms with Crippen molar-refractivity contribution in [3.63, 3.8) is 0 Å². The van der Waals surface area contributed by atoms with Crippen LogP contribution in [0.4, 0.5) is 0 Å². The monoisotopic (exact) mass is 336 g/mol. The number of hydrogen-bond acceptors (Lipinski definition) is 3. The highest BCUT2D eigenvalue weighted by Crippen LogP contribution is 2.34. The zero-order chi connectivity index (χ0) is 13.2. The van der Waals surface area contributed by atoms with Gasteiger partial charge in [-0.25, -0.2) is 0 Å². The summed E-state index contributed by atoms with van der Waals surface area (Å²) < 4.78 is 1.03. The molecule has 0 radical (unpaired) electrons. The van der Waals surface area contributed by atoms with Crippen LogP contribution in [0, 0.1) is 0 Å². The molecule has 0 amide bonds. The van der Waals surface area contributed by atoms with Gasteiger partial charge in [-0.3, -0.25) is 4.98 Å². The van der Waals surface area contributed by atoms with Crippen molar-refractivity contribution in [2.45, 2.75) is 31.7 Å². The minimum atomic E-state index is 0.379. The quantitative estimate of drug-likeness (QED) is 0.915. The average molecular weight is 337 g/mol. The molecule has 4 heteroatoms. The maximum absolute atomic E-state index is 4.47. The summed E-state index contributed by atoms with van der Waals surface area (Å²) in [6.07, 6.45) is 6.69. The van der Waals surface area contributed by atoms with Gasteiger partial charge in [0.15, 0.2) is 0 Å². The second kappa shape index (κ2) is 5.73. The standard InChI is InChI=1S/C15H17BrN2S/c1-17-13(8-12-6-5-11(16)9-18-12)15-7-10-3-2-4-14(10)19-15/h5-7,9,13,17H,2-4,8H2,1H3. The number of nitrogens with zero attached hydrogens (tertiary/aromatic N) is 1. The first-order valence-corrected chi connectivity index (χ1v) is 8.26. The first-order chi connectivity index (χ1) is 9.26. The molecule has 1 aliphatic rings. The molecule has 19 heavy (non-hydrogen) atoms. The van der Waals surface area contributed by atoms with Gasteiger partial charge in [-0.05, 0) is 66.0 Å². The van der Waals surface area contributed by atoms with Crippen molar-refractivity contribution in [3.05, 3.63) is 49.9 Å². The predicted molar refractivity (Wildman–Crippen MR) is 83.8 cm³/mol. The van der Waals surface area contributed by atoms with Crippen LogP contribution in [0.5, 0.6) is 0 Å². The van der Waals surface area contributed by atoms with Crippen molar-refractivity contribution in [1.29, 1.82) is 0 Å². The first-order valence-electron chi connectivity index (χ1n) is 6.65. The number of halogens is 1. The summed E-state index contributed by atoms with van der Waals surface area (Å²) in [7, 11) is 2.04. The molecule has 0 saturated heterocycles. The van der Waals surface area contributed by atoms with E-state index in [-0.39, 0.29) is 0 Å². The number of likely N-dealkylation sites (N-methyl/N-ethyl adjacent to an activating group) is 1. The molecule has 0 aliphatic heterocycles. The molecule has 1 N–H and O–H groups in total. The minimum Gasteiger partial charge on any atom is -0.312 e. The van der Waals surface area contributed by atoms with E-state index in [2.05, 4.69) is 44.4 Å². The van der Waals surface area contributed by atoms with Gasteiger partial charge in [-0.15, -0.1) is 11.3 Å². The Morgan fingerprint density at radius 2 is 2.32 bits per heavy atom. The van der Waals surface area contributed by atoms with Crippen LogP contribution in [0.2, 0.25) is 0 Å². The molecule has 0 bridgehead atoms. The largest absolute Gasteiger partial charge is 0.312 e. The van der Waals surface area contributed by atoms with Crippen LogP contribution in [-0.4, -0.2) is 12.0 Å². The van der Waals surface area contributed by atoms with E-state index in [1.54, 1.807) is 10.4 Å². The number of fused-ring (bicyclic) bond motifs is 1. The van der Waals surface area contributed by atoms with Crippen LogP contribution >= 0.6 is 27.3 Å². The van der Waals surface area contributed by atoms with Crippen molar-refractivity contribution < 1.29 is 0 Å². The Balaban J connectivity index is 1.78. The topological polar surface area (TPSA) is 24.9 Å². The molecular formula is C15H17BrN2S. The molecule has 1 unspecified atom stereocenters. The minimum absolute atomic E-state index is 0.379. The predicted octanol–water partition coefficient (Wildman–Crippen LogP) is 3.90. The number of rotatable bonds is 4. The molecule has 3 rings (SSSR count). The highest BCUT2D eigenvalue weighted by Gasteiger charge is 2.19. The summed E-state index contributed by atoms with van der Waals surface area (Å²) in [5, 5.41) is 3.43. The van der Waals surface area contributed by atoms with Gasteiger partial charge in [0.05, 0.1) is 0 Å². The highest BCUT2D eigenvalue weighted by atomic mass is 79.9. The number of pyridine rings is 1. The van der Waals surface area contributed by atoms with Crippen LogP contribution < -0.4 is 5.32 Å². The van der Waals surface area contributed by atoms with E-state index in [9.17, 15) is 0 Å². The van der Waals surface area contributed by atoms with Gasteiger partial charge in [0.25, 0.3) is 0 Å². The lowest BCUT2D eigenvalue weighted by Gasteiger charge is -2.14. The fraction of sp³-hybridized carbons (Fsp3) is 0.400. The Morgan fingerprint density at radius 1 is 1.42 bits per heavy atom. The maximum Gasteiger partial charge on any atom is 0.0468 e. The van der Waals surface area contributed by atoms with E-state index in [0.29, 0.717) is 6.04 Å². The number of thiophene rings is 1. The third-order valence-corrected chi connectivity index (χ3v) is 5.48. The van der Waals surface area contributed by atoms with Crippen LogP contribution in [0.1, 0.15) is 33.5 Å². The second-order valence-corrected chi connectivity index (χ2v) is 7.05. The molecule has 0 aromatic carbocycles. The maximum atomic E-state index is 4.47. The SMILES string of the molecule is CNC(Cc1ccc(Br)cn1)c1cc2c(s1)CCC2. The van der Waals surface area contributed by atoms with Crippen LogP contribution in [-0.2, 0) is 19.3 Å². The normalized spacial score (nSPS) is 15.5. The zero-order valence-electron chi connectivity index (χ0n) is 10.9. The van der Waals surface area contributed by atoms with Gasteiger partial charge < -0.3 is 5.32 Å². The smallest absolute Gasteiger partial charge is 0.0468 e. The summed E-state index contributed by atoms with van der Waals surface area (Å²) in [4.78, 5) is 7.52. The van der Waals surface area contributed by atoms with Crippen molar-refractivity contribution in [2.75, 3.05) is 7.05 Å². The van der Waals surface area contributed by atoms with Crippen LogP contribution in [0.25, 0.3) is 0 Å². The van der Waals surface area contributed by atoms with E-state index in [0.717, 1.165) is 16.6 Å². The van der Waals surface area contributed by atoms with Gasteiger partial charge in [0.2, 0.25) is 0 Å². The number of aromatic nitrogens is 1. The fourth-order valence-electron chi connectivity index (χ4n) is 2.61. The fourth-order valence-corrected chi connectivity index (χ4v) is 4.21. The molecule has 0 fully saturated rings. The lowest BCUT2D eigenvalue weighted by atomic mass is 10.1. The summed E-state index contributed by atoms with van der Waals surface area (Å²) in [6, 6.07) is 6.93. The van der Waals surface area contributed by atoms with Crippen molar-refractivity contribution >= 4 is 27.3 Å². The average Bonchev–Trinajstić information content (AvgIpc) is 2.99. The molecule has 0 saturated carbocycles. The van der Waals surface area contributed by atoms with Gasteiger partial charge >= 0.3 is 0 Å². The summed E-state index contributed by atoms with van der Waals surface area (Å²) in [5.74, 6) is 0. The lowest BCUT2D eigenvalue weighted by molar-refractivity contribution is 0.593. The Morgan fingerprint density at radius 3 is 3.00 bits per heavy atom. The molecule has 2 aromatic rings. The van der Waals surface area contributed by atoms with Crippen molar-refractivity contribution in [3.8, 4) is 0 Å². The van der Waals surface area contributed by atoms with E-state index in [1.807, 2.05) is 24.6 Å². The highest BCUT2D eigenvalue weighted by molar-refractivity contribution is 9.10. The second-order valence-electron chi connectivity index (χ2n) is 4.96.